The molecule has 0 aliphatic rings. The summed E-state index contributed by atoms with van der Waals surface area (Å²) in [6, 6.07) is 24.2. The maximum atomic E-state index is 13.1. The first-order valence-corrected chi connectivity index (χ1v) is 9.35. The van der Waals surface area contributed by atoms with E-state index in [1.165, 1.54) is 18.5 Å². The van der Waals surface area contributed by atoms with Crippen molar-refractivity contribution in [1.82, 2.24) is 15.3 Å². The average molecular weight is 399 g/mol. The molecule has 30 heavy (non-hydrogen) atoms. The number of hydrogen-bond acceptors (Lipinski definition) is 4. The number of ether oxygens (including phenoxy) is 1. The van der Waals surface area contributed by atoms with Crippen molar-refractivity contribution in [2.75, 3.05) is 0 Å². The first kappa shape index (κ1) is 19.3. The molecule has 0 spiro atoms. The van der Waals surface area contributed by atoms with E-state index >= 15 is 0 Å². The fraction of sp³-hybridized carbons (Fsp3) is 0.0417. The molecule has 0 atom stereocenters. The molecule has 1 N–H and O–H groups in total. The Balaban J connectivity index is 1.46. The van der Waals surface area contributed by atoms with Crippen LogP contribution in [0.4, 0.5) is 4.39 Å². The standard InChI is InChI=1S/C24H18FN3O2/c25-20-11-9-18(10-12-20)22-14-23(28-16-27-22)30-21-8-4-7-19(13-21)24(29)26-15-17-5-2-1-3-6-17/h1-14,16H,15H2,(H,26,29). The van der Waals surface area contributed by atoms with Crippen LogP contribution < -0.4 is 10.1 Å². The molecule has 1 heterocycles. The van der Waals surface area contributed by atoms with Crippen LogP contribution in [0.25, 0.3) is 11.3 Å². The van der Waals surface area contributed by atoms with Gasteiger partial charge >= 0.3 is 0 Å². The molecule has 0 saturated carbocycles. The smallest absolute Gasteiger partial charge is 0.251 e. The van der Waals surface area contributed by atoms with Gasteiger partial charge in [-0.2, -0.15) is 0 Å². The zero-order valence-electron chi connectivity index (χ0n) is 16.0. The van der Waals surface area contributed by atoms with Gasteiger partial charge in [0, 0.05) is 23.7 Å². The molecule has 4 aromatic rings. The number of rotatable bonds is 6. The molecule has 1 amide bonds. The van der Waals surface area contributed by atoms with Crippen LogP contribution >= 0.6 is 0 Å². The van der Waals surface area contributed by atoms with E-state index in [1.54, 1.807) is 42.5 Å². The molecular weight excluding hydrogens is 381 g/mol. The molecular formula is C24H18FN3O2. The highest BCUT2D eigenvalue weighted by molar-refractivity contribution is 5.94. The fourth-order valence-corrected chi connectivity index (χ4v) is 2.88. The van der Waals surface area contributed by atoms with Crippen LogP contribution in [0.3, 0.4) is 0 Å². The first-order chi connectivity index (χ1) is 14.7. The second-order valence-electron chi connectivity index (χ2n) is 6.55. The van der Waals surface area contributed by atoms with Gasteiger partial charge in [0.05, 0.1) is 5.69 Å². The summed E-state index contributed by atoms with van der Waals surface area (Å²) in [6.45, 7) is 0.442. The monoisotopic (exact) mass is 399 g/mol. The molecule has 4 rings (SSSR count). The van der Waals surface area contributed by atoms with Crippen LogP contribution in [-0.4, -0.2) is 15.9 Å². The van der Waals surface area contributed by atoms with Crippen LogP contribution in [0, 0.1) is 5.82 Å². The molecule has 3 aromatic carbocycles. The van der Waals surface area contributed by atoms with E-state index in [-0.39, 0.29) is 11.7 Å². The van der Waals surface area contributed by atoms with E-state index in [1.807, 2.05) is 30.3 Å². The topological polar surface area (TPSA) is 64.1 Å². The van der Waals surface area contributed by atoms with E-state index in [2.05, 4.69) is 15.3 Å². The van der Waals surface area contributed by atoms with E-state index in [4.69, 9.17) is 4.74 Å². The van der Waals surface area contributed by atoms with Crippen LogP contribution in [0.1, 0.15) is 15.9 Å². The van der Waals surface area contributed by atoms with Crippen molar-refractivity contribution in [3.63, 3.8) is 0 Å². The first-order valence-electron chi connectivity index (χ1n) is 9.35. The summed E-state index contributed by atoms with van der Waals surface area (Å²) in [4.78, 5) is 20.8. The van der Waals surface area contributed by atoms with Gasteiger partial charge < -0.3 is 10.1 Å². The minimum absolute atomic E-state index is 0.195. The molecule has 0 aliphatic carbocycles. The SMILES string of the molecule is O=C(NCc1ccccc1)c1cccc(Oc2cc(-c3ccc(F)cc3)ncn2)c1. The Morgan fingerprint density at radius 1 is 0.900 bits per heavy atom. The Kier molecular flexibility index (Phi) is 5.75. The summed E-state index contributed by atoms with van der Waals surface area (Å²) >= 11 is 0. The maximum absolute atomic E-state index is 13.1. The lowest BCUT2D eigenvalue weighted by molar-refractivity contribution is 0.0950. The Morgan fingerprint density at radius 3 is 2.50 bits per heavy atom. The average Bonchev–Trinajstić information content (AvgIpc) is 2.79. The summed E-state index contributed by atoms with van der Waals surface area (Å²) in [6.07, 6.45) is 1.38. The zero-order chi connectivity index (χ0) is 20.8. The van der Waals surface area contributed by atoms with Crippen LogP contribution in [0.5, 0.6) is 11.6 Å². The van der Waals surface area contributed by atoms with Gasteiger partial charge in [0.2, 0.25) is 5.88 Å². The number of hydrogen-bond donors (Lipinski definition) is 1. The normalized spacial score (nSPS) is 10.4. The van der Waals surface area contributed by atoms with Crippen LogP contribution in [-0.2, 0) is 6.54 Å². The highest BCUT2D eigenvalue weighted by atomic mass is 19.1. The summed E-state index contributed by atoms with van der Waals surface area (Å²) in [5, 5.41) is 2.89. The number of carbonyl (C=O) groups is 1. The second-order valence-corrected chi connectivity index (χ2v) is 6.55. The fourth-order valence-electron chi connectivity index (χ4n) is 2.88. The van der Waals surface area contributed by atoms with Crippen LogP contribution in [0.15, 0.2) is 91.3 Å². The molecule has 0 aliphatic heterocycles. The van der Waals surface area contributed by atoms with Gasteiger partial charge in [0.15, 0.2) is 0 Å². The molecule has 0 bridgehead atoms. The predicted molar refractivity (Wildman–Crippen MR) is 112 cm³/mol. The van der Waals surface area contributed by atoms with E-state index in [0.29, 0.717) is 29.4 Å². The van der Waals surface area contributed by atoms with Gasteiger partial charge in [-0.05, 0) is 48.0 Å². The number of amides is 1. The molecule has 6 heteroatoms. The zero-order valence-corrected chi connectivity index (χ0v) is 16.0. The Bertz CT molecular complexity index is 1150. The van der Waals surface area contributed by atoms with Crippen molar-refractivity contribution in [2.24, 2.45) is 0 Å². The Morgan fingerprint density at radius 2 is 1.70 bits per heavy atom. The largest absolute Gasteiger partial charge is 0.439 e. The van der Waals surface area contributed by atoms with Gasteiger partial charge in [0.1, 0.15) is 17.9 Å². The number of halogens is 1. The maximum Gasteiger partial charge on any atom is 0.251 e. The molecule has 0 fully saturated rings. The minimum atomic E-state index is -0.313. The summed E-state index contributed by atoms with van der Waals surface area (Å²) in [5.74, 6) is 0.294. The number of aromatic nitrogens is 2. The van der Waals surface area contributed by atoms with Gasteiger partial charge in [-0.25, -0.2) is 14.4 Å². The number of nitrogens with one attached hydrogen (secondary N) is 1. The van der Waals surface area contributed by atoms with Crippen molar-refractivity contribution in [2.45, 2.75) is 6.54 Å². The highest BCUT2D eigenvalue weighted by Gasteiger charge is 2.09. The summed E-state index contributed by atoms with van der Waals surface area (Å²) in [5.41, 5.74) is 2.86. The van der Waals surface area contributed by atoms with Gasteiger partial charge in [-0.1, -0.05) is 36.4 Å². The van der Waals surface area contributed by atoms with Gasteiger partial charge in [-0.15, -0.1) is 0 Å². The number of benzene rings is 3. The van der Waals surface area contributed by atoms with Crippen molar-refractivity contribution in [3.8, 4) is 22.9 Å². The van der Waals surface area contributed by atoms with Gasteiger partial charge in [0.25, 0.3) is 5.91 Å². The lowest BCUT2D eigenvalue weighted by atomic mass is 10.1. The molecule has 0 saturated heterocycles. The Hall–Kier alpha value is -4.06. The molecule has 1 aromatic heterocycles. The van der Waals surface area contributed by atoms with E-state index in [0.717, 1.165) is 11.1 Å². The quantitative estimate of drug-likeness (QED) is 0.495. The van der Waals surface area contributed by atoms with Crippen molar-refractivity contribution in [3.05, 3.63) is 108 Å². The van der Waals surface area contributed by atoms with Crippen molar-refractivity contribution < 1.29 is 13.9 Å². The third-order valence-electron chi connectivity index (χ3n) is 4.40. The van der Waals surface area contributed by atoms with E-state index < -0.39 is 0 Å². The Labute approximate surface area is 173 Å². The molecule has 0 radical (unpaired) electrons. The minimum Gasteiger partial charge on any atom is -0.439 e. The highest BCUT2D eigenvalue weighted by Crippen LogP contribution is 2.24. The summed E-state index contributed by atoms with van der Waals surface area (Å²) in [7, 11) is 0. The van der Waals surface area contributed by atoms with Crippen LogP contribution in [0.2, 0.25) is 0 Å². The second kappa shape index (κ2) is 8.96. The molecule has 5 nitrogen and oxygen atoms in total. The van der Waals surface area contributed by atoms with E-state index in [9.17, 15) is 9.18 Å². The third-order valence-corrected chi connectivity index (χ3v) is 4.40. The van der Waals surface area contributed by atoms with Crippen molar-refractivity contribution in [1.29, 1.82) is 0 Å². The van der Waals surface area contributed by atoms with Gasteiger partial charge in [-0.3, -0.25) is 4.79 Å². The molecule has 148 valence electrons. The lowest BCUT2D eigenvalue weighted by Crippen LogP contribution is -2.22. The predicted octanol–water partition coefficient (Wildman–Crippen LogP) is 5.01. The molecule has 0 unspecified atom stereocenters. The lowest BCUT2D eigenvalue weighted by Gasteiger charge is -2.09. The summed E-state index contributed by atoms with van der Waals surface area (Å²) < 4.78 is 18.9. The number of nitrogens with zero attached hydrogens (tertiary/aromatic N) is 2. The third kappa shape index (κ3) is 4.86. The van der Waals surface area contributed by atoms with Crippen molar-refractivity contribution >= 4 is 5.91 Å². The number of carbonyl (C=O) groups excluding carboxylic acids is 1.